The lowest BCUT2D eigenvalue weighted by Gasteiger charge is -2.32. The average Bonchev–Trinajstić information content (AvgIpc) is 3.22. The molecule has 166 valence electrons. The number of para-hydroxylation sites is 1. The van der Waals surface area contributed by atoms with E-state index in [-0.39, 0.29) is 36.4 Å². The maximum atomic E-state index is 13.1. The number of hydrogen-bond acceptors (Lipinski definition) is 3. The van der Waals surface area contributed by atoms with Crippen LogP contribution in [0.1, 0.15) is 24.0 Å². The number of aromatic amines is 1. The molecule has 7 nitrogen and oxygen atoms in total. The Labute approximate surface area is 185 Å². The maximum absolute atomic E-state index is 13.1. The molecule has 0 aliphatic carbocycles. The standard InChI is InChI=1S/C24H25FN4O3/c25-19-9-7-16(8-10-19)12-23(31)29-11-3-4-17(15-29)24(32)28-27-22(30)13-18-14-26-21-6-2-1-5-20(18)21/h1-2,5-10,14,17,26H,3-4,11-13,15H2,(H,27,30)(H,28,32). The molecule has 2 heterocycles. The average molecular weight is 436 g/mol. The first-order valence-corrected chi connectivity index (χ1v) is 10.7. The molecular formula is C24H25FN4O3. The fraction of sp³-hybridized carbons (Fsp3) is 0.292. The van der Waals surface area contributed by atoms with E-state index in [2.05, 4.69) is 15.8 Å². The molecule has 32 heavy (non-hydrogen) atoms. The lowest BCUT2D eigenvalue weighted by atomic mass is 9.96. The van der Waals surface area contributed by atoms with Crippen molar-refractivity contribution in [3.63, 3.8) is 0 Å². The fourth-order valence-corrected chi connectivity index (χ4v) is 4.03. The van der Waals surface area contributed by atoms with Gasteiger partial charge in [-0.2, -0.15) is 0 Å². The number of hydrazine groups is 1. The zero-order chi connectivity index (χ0) is 22.5. The van der Waals surface area contributed by atoms with Crippen molar-refractivity contribution >= 4 is 28.6 Å². The Hall–Kier alpha value is -3.68. The highest BCUT2D eigenvalue weighted by atomic mass is 19.1. The van der Waals surface area contributed by atoms with Crippen molar-refractivity contribution in [3.8, 4) is 0 Å². The Morgan fingerprint density at radius 3 is 2.62 bits per heavy atom. The van der Waals surface area contributed by atoms with Crippen molar-refractivity contribution in [3.05, 3.63) is 71.7 Å². The number of amides is 3. The van der Waals surface area contributed by atoms with Gasteiger partial charge in [-0.1, -0.05) is 30.3 Å². The molecule has 1 saturated heterocycles. The minimum atomic E-state index is -0.394. The van der Waals surface area contributed by atoms with E-state index in [1.165, 1.54) is 12.1 Å². The van der Waals surface area contributed by atoms with Gasteiger partial charge in [-0.3, -0.25) is 25.2 Å². The molecule has 0 saturated carbocycles. The fourth-order valence-electron chi connectivity index (χ4n) is 4.03. The van der Waals surface area contributed by atoms with E-state index >= 15 is 0 Å². The Morgan fingerprint density at radius 1 is 1.03 bits per heavy atom. The number of benzene rings is 2. The van der Waals surface area contributed by atoms with Crippen molar-refractivity contribution in [1.29, 1.82) is 0 Å². The molecule has 1 unspecified atom stereocenters. The predicted octanol–water partition coefficient (Wildman–Crippen LogP) is 2.48. The van der Waals surface area contributed by atoms with E-state index in [9.17, 15) is 18.8 Å². The first-order valence-electron chi connectivity index (χ1n) is 10.7. The third-order valence-electron chi connectivity index (χ3n) is 5.76. The van der Waals surface area contributed by atoms with Gasteiger partial charge in [0.05, 0.1) is 18.8 Å². The summed E-state index contributed by atoms with van der Waals surface area (Å²) in [5.41, 5.74) is 7.51. The van der Waals surface area contributed by atoms with Crippen LogP contribution in [0.3, 0.4) is 0 Å². The predicted molar refractivity (Wildman–Crippen MR) is 118 cm³/mol. The van der Waals surface area contributed by atoms with Gasteiger partial charge in [0, 0.05) is 30.2 Å². The van der Waals surface area contributed by atoms with Gasteiger partial charge in [-0.15, -0.1) is 0 Å². The normalized spacial score (nSPS) is 16.0. The van der Waals surface area contributed by atoms with Gasteiger partial charge >= 0.3 is 0 Å². The SMILES string of the molecule is O=C(Cc1c[nH]c2ccccc12)NNC(=O)C1CCCN(C(=O)Cc2ccc(F)cc2)C1. The van der Waals surface area contributed by atoms with Crippen LogP contribution < -0.4 is 10.9 Å². The van der Waals surface area contributed by atoms with E-state index < -0.39 is 5.92 Å². The summed E-state index contributed by atoms with van der Waals surface area (Å²) < 4.78 is 13.1. The molecule has 1 aliphatic rings. The first-order chi connectivity index (χ1) is 15.5. The Morgan fingerprint density at radius 2 is 1.81 bits per heavy atom. The summed E-state index contributed by atoms with van der Waals surface area (Å²) in [5, 5.41) is 0.969. The lowest BCUT2D eigenvalue weighted by Crippen LogP contribution is -2.50. The van der Waals surface area contributed by atoms with E-state index in [1.807, 2.05) is 24.3 Å². The summed E-state index contributed by atoms with van der Waals surface area (Å²) in [6.07, 6.45) is 3.44. The summed E-state index contributed by atoms with van der Waals surface area (Å²) in [6.45, 7) is 0.876. The Bertz CT molecular complexity index is 1130. The monoisotopic (exact) mass is 436 g/mol. The molecule has 1 aromatic heterocycles. The van der Waals surface area contributed by atoms with Gasteiger partial charge in [0.1, 0.15) is 5.82 Å². The Balaban J connectivity index is 1.27. The van der Waals surface area contributed by atoms with E-state index in [4.69, 9.17) is 0 Å². The zero-order valence-corrected chi connectivity index (χ0v) is 17.6. The summed E-state index contributed by atoms with van der Waals surface area (Å²) >= 11 is 0. The van der Waals surface area contributed by atoms with Crippen LogP contribution in [0.5, 0.6) is 0 Å². The van der Waals surface area contributed by atoms with Gasteiger partial charge < -0.3 is 9.88 Å². The highest BCUT2D eigenvalue weighted by Crippen LogP contribution is 2.19. The topological polar surface area (TPSA) is 94.3 Å². The number of likely N-dealkylation sites (tertiary alicyclic amines) is 1. The van der Waals surface area contributed by atoms with Crippen LogP contribution >= 0.6 is 0 Å². The molecule has 0 spiro atoms. The minimum absolute atomic E-state index is 0.0996. The number of H-pyrrole nitrogens is 1. The van der Waals surface area contributed by atoms with E-state index in [0.717, 1.165) is 22.0 Å². The van der Waals surface area contributed by atoms with Crippen LogP contribution in [0.2, 0.25) is 0 Å². The van der Waals surface area contributed by atoms with Crippen LogP contribution in [-0.2, 0) is 27.2 Å². The van der Waals surface area contributed by atoms with Crippen molar-refractivity contribution in [2.45, 2.75) is 25.7 Å². The van der Waals surface area contributed by atoms with Crippen molar-refractivity contribution in [1.82, 2.24) is 20.7 Å². The van der Waals surface area contributed by atoms with Gasteiger partial charge in [0.25, 0.3) is 0 Å². The molecule has 1 aliphatic heterocycles. The molecule has 2 aromatic carbocycles. The second-order valence-corrected chi connectivity index (χ2v) is 8.06. The third kappa shape index (κ3) is 5.14. The Kier molecular flexibility index (Phi) is 6.49. The van der Waals surface area contributed by atoms with Crippen LogP contribution in [0.25, 0.3) is 10.9 Å². The van der Waals surface area contributed by atoms with Gasteiger partial charge in [0.15, 0.2) is 0 Å². The quantitative estimate of drug-likeness (QED) is 0.537. The second kappa shape index (κ2) is 9.64. The lowest BCUT2D eigenvalue weighted by molar-refractivity contribution is -0.137. The van der Waals surface area contributed by atoms with E-state index in [1.54, 1.807) is 23.2 Å². The number of piperidine rings is 1. The smallest absolute Gasteiger partial charge is 0.243 e. The minimum Gasteiger partial charge on any atom is -0.361 e. The highest BCUT2D eigenvalue weighted by molar-refractivity contribution is 5.90. The molecule has 3 amide bonds. The molecule has 3 N–H and O–H groups in total. The number of nitrogens with zero attached hydrogens (tertiary/aromatic N) is 1. The molecule has 0 radical (unpaired) electrons. The van der Waals surface area contributed by atoms with Crippen molar-refractivity contribution in [2.75, 3.05) is 13.1 Å². The number of aromatic nitrogens is 1. The number of fused-ring (bicyclic) bond motifs is 1. The van der Waals surface area contributed by atoms with Gasteiger partial charge in [-0.25, -0.2) is 4.39 Å². The number of halogens is 1. The zero-order valence-electron chi connectivity index (χ0n) is 17.6. The van der Waals surface area contributed by atoms with Crippen molar-refractivity contribution in [2.24, 2.45) is 5.92 Å². The number of hydrogen-bond donors (Lipinski definition) is 3. The summed E-state index contributed by atoms with van der Waals surface area (Å²) in [6, 6.07) is 13.5. The van der Waals surface area contributed by atoms with Crippen LogP contribution in [-0.4, -0.2) is 40.7 Å². The highest BCUT2D eigenvalue weighted by Gasteiger charge is 2.28. The second-order valence-electron chi connectivity index (χ2n) is 8.06. The largest absolute Gasteiger partial charge is 0.361 e. The maximum Gasteiger partial charge on any atom is 0.243 e. The molecule has 0 bridgehead atoms. The number of nitrogens with one attached hydrogen (secondary N) is 3. The summed E-state index contributed by atoms with van der Waals surface area (Å²) in [5.74, 6) is -1.46. The molecule has 8 heteroatoms. The molecule has 1 fully saturated rings. The summed E-state index contributed by atoms with van der Waals surface area (Å²) in [7, 11) is 0. The molecular weight excluding hydrogens is 411 g/mol. The number of rotatable bonds is 5. The third-order valence-corrected chi connectivity index (χ3v) is 5.76. The van der Waals surface area contributed by atoms with Crippen LogP contribution in [0.4, 0.5) is 4.39 Å². The van der Waals surface area contributed by atoms with Gasteiger partial charge in [0.2, 0.25) is 17.7 Å². The van der Waals surface area contributed by atoms with Crippen LogP contribution in [0.15, 0.2) is 54.7 Å². The van der Waals surface area contributed by atoms with Crippen LogP contribution in [0, 0.1) is 11.7 Å². The first kappa shape index (κ1) is 21.5. The molecule has 4 rings (SSSR count). The molecule has 3 aromatic rings. The molecule has 1 atom stereocenters. The van der Waals surface area contributed by atoms with E-state index in [0.29, 0.717) is 25.9 Å². The van der Waals surface area contributed by atoms with Gasteiger partial charge in [-0.05, 0) is 42.2 Å². The number of carbonyl (C=O) groups is 3. The summed E-state index contributed by atoms with van der Waals surface area (Å²) in [4.78, 5) is 42.3. The van der Waals surface area contributed by atoms with Crippen molar-refractivity contribution < 1.29 is 18.8 Å². The number of carbonyl (C=O) groups excluding carboxylic acids is 3.